The standard InChI is InChI=1S/C23H17ClF2N2O2S/c1-31(29,30)17-13-11-15(12-14-17)22-20(18-9-5-6-10-19(18)24)21(23(25)26)27-28(22)16-7-3-2-4-8-16/h2-14,23H,1H3. The Kier molecular flexibility index (Phi) is 5.64. The van der Waals surface area contributed by atoms with Gasteiger partial charge in [-0.1, -0.05) is 60.1 Å². The molecule has 0 aliphatic rings. The lowest BCUT2D eigenvalue weighted by Crippen LogP contribution is -2.01. The second-order valence-corrected chi connectivity index (χ2v) is 9.36. The van der Waals surface area contributed by atoms with E-state index in [4.69, 9.17) is 11.6 Å². The van der Waals surface area contributed by atoms with E-state index >= 15 is 0 Å². The summed E-state index contributed by atoms with van der Waals surface area (Å²) in [5, 5.41) is 4.55. The molecule has 0 spiro atoms. The Bertz CT molecular complexity index is 1340. The molecule has 8 heteroatoms. The molecule has 0 saturated carbocycles. The third-order valence-electron chi connectivity index (χ3n) is 4.82. The van der Waals surface area contributed by atoms with E-state index in [0.29, 0.717) is 27.5 Å². The summed E-state index contributed by atoms with van der Waals surface area (Å²) in [6.07, 6.45) is -1.73. The first-order chi connectivity index (χ1) is 14.8. The van der Waals surface area contributed by atoms with Crippen molar-refractivity contribution >= 4 is 21.4 Å². The fraction of sp³-hybridized carbons (Fsp3) is 0.0870. The average molecular weight is 459 g/mol. The number of hydrogen-bond acceptors (Lipinski definition) is 3. The second-order valence-electron chi connectivity index (χ2n) is 6.93. The number of sulfone groups is 1. The van der Waals surface area contributed by atoms with Crippen LogP contribution in [0.2, 0.25) is 5.02 Å². The van der Waals surface area contributed by atoms with Crippen LogP contribution in [0.1, 0.15) is 12.1 Å². The molecule has 1 heterocycles. The Balaban J connectivity index is 2.07. The number of hydrogen-bond donors (Lipinski definition) is 0. The van der Waals surface area contributed by atoms with Gasteiger partial charge in [0, 0.05) is 28.0 Å². The van der Waals surface area contributed by atoms with Crippen LogP contribution < -0.4 is 0 Å². The van der Waals surface area contributed by atoms with E-state index in [2.05, 4.69) is 5.10 Å². The minimum atomic E-state index is -3.40. The molecule has 1 aromatic heterocycles. The van der Waals surface area contributed by atoms with Crippen LogP contribution in [0.15, 0.2) is 83.8 Å². The first-order valence-electron chi connectivity index (χ1n) is 9.29. The molecule has 0 amide bonds. The highest BCUT2D eigenvalue weighted by Crippen LogP contribution is 2.42. The molecule has 0 atom stereocenters. The zero-order valence-electron chi connectivity index (χ0n) is 16.3. The molecule has 4 nitrogen and oxygen atoms in total. The molecule has 158 valence electrons. The molecule has 4 aromatic rings. The molecular formula is C23H17ClF2N2O2S. The van der Waals surface area contributed by atoms with Crippen LogP contribution in [0.4, 0.5) is 8.78 Å². The molecule has 0 saturated heterocycles. The monoisotopic (exact) mass is 458 g/mol. The molecule has 0 aliphatic carbocycles. The van der Waals surface area contributed by atoms with E-state index in [1.807, 2.05) is 6.07 Å². The SMILES string of the molecule is CS(=O)(=O)c1ccc(-c2c(-c3ccccc3Cl)c(C(F)F)nn2-c2ccccc2)cc1. The van der Waals surface area contributed by atoms with Gasteiger partial charge in [0.25, 0.3) is 6.43 Å². The lowest BCUT2D eigenvalue weighted by atomic mass is 9.98. The van der Waals surface area contributed by atoms with Gasteiger partial charge >= 0.3 is 0 Å². The van der Waals surface area contributed by atoms with Gasteiger partial charge in [-0.25, -0.2) is 21.9 Å². The van der Waals surface area contributed by atoms with Crippen LogP contribution in [0, 0.1) is 0 Å². The average Bonchev–Trinajstić information content (AvgIpc) is 3.15. The van der Waals surface area contributed by atoms with Crippen molar-refractivity contribution < 1.29 is 17.2 Å². The summed E-state index contributed by atoms with van der Waals surface area (Å²) in [6, 6.07) is 21.7. The minimum absolute atomic E-state index is 0.135. The first-order valence-corrected chi connectivity index (χ1v) is 11.6. The molecule has 0 radical (unpaired) electrons. The van der Waals surface area contributed by atoms with Gasteiger partial charge in [-0.3, -0.25) is 0 Å². The first kappa shape index (κ1) is 21.2. The van der Waals surface area contributed by atoms with Crippen LogP contribution in [0.25, 0.3) is 28.1 Å². The summed E-state index contributed by atoms with van der Waals surface area (Å²) >= 11 is 6.37. The minimum Gasteiger partial charge on any atom is -0.232 e. The van der Waals surface area contributed by atoms with Crippen LogP contribution in [0.5, 0.6) is 0 Å². The van der Waals surface area contributed by atoms with Crippen molar-refractivity contribution in [1.29, 1.82) is 0 Å². The van der Waals surface area contributed by atoms with E-state index in [0.717, 1.165) is 6.26 Å². The zero-order chi connectivity index (χ0) is 22.2. The fourth-order valence-corrected chi connectivity index (χ4v) is 4.26. The lowest BCUT2D eigenvalue weighted by Gasteiger charge is -2.12. The van der Waals surface area contributed by atoms with E-state index in [1.165, 1.54) is 16.8 Å². The van der Waals surface area contributed by atoms with Gasteiger partial charge in [-0.15, -0.1) is 0 Å². The Hall–Kier alpha value is -3.03. The van der Waals surface area contributed by atoms with Crippen LogP contribution in [-0.4, -0.2) is 24.5 Å². The maximum absolute atomic E-state index is 14.1. The maximum Gasteiger partial charge on any atom is 0.282 e. The summed E-state index contributed by atoms with van der Waals surface area (Å²) in [4.78, 5) is 0.135. The third-order valence-corrected chi connectivity index (χ3v) is 6.28. The van der Waals surface area contributed by atoms with Crippen molar-refractivity contribution in [1.82, 2.24) is 9.78 Å². The highest BCUT2D eigenvalue weighted by atomic mass is 35.5. The molecule has 0 fully saturated rings. The largest absolute Gasteiger partial charge is 0.282 e. The van der Waals surface area contributed by atoms with Gasteiger partial charge in [-0.05, 0) is 30.3 Å². The summed E-state index contributed by atoms with van der Waals surface area (Å²) < 4.78 is 53.3. The molecule has 3 aromatic carbocycles. The van der Waals surface area contributed by atoms with Crippen molar-refractivity contribution in [3.05, 3.63) is 89.6 Å². The lowest BCUT2D eigenvalue weighted by molar-refractivity contribution is 0.146. The normalized spacial score (nSPS) is 11.8. The number of aromatic nitrogens is 2. The highest BCUT2D eigenvalue weighted by Gasteiger charge is 2.28. The van der Waals surface area contributed by atoms with Gasteiger partial charge in [0.15, 0.2) is 9.84 Å². The Morgan fingerprint density at radius 3 is 2.10 bits per heavy atom. The maximum atomic E-state index is 14.1. The Morgan fingerprint density at radius 2 is 1.52 bits per heavy atom. The van der Waals surface area contributed by atoms with E-state index in [-0.39, 0.29) is 10.5 Å². The number of benzene rings is 3. The number of rotatable bonds is 5. The van der Waals surface area contributed by atoms with Gasteiger partial charge < -0.3 is 0 Å². The van der Waals surface area contributed by atoms with E-state index in [9.17, 15) is 17.2 Å². The number of para-hydroxylation sites is 1. The van der Waals surface area contributed by atoms with Crippen LogP contribution in [0.3, 0.4) is 0 Å². The molecule has 4 rings (SSSR count). The summed E-state index contributed by atoms with van der Waals surface area (Å²) in [5.74, 6) is 0. The number of alkyl halides is 2. The number of halogens is 3. The van der Waals surface area contributed by atoms with Crippen LogP contribution in [-0.2, 0) is 9.84 Å². The zero-order valence-corrected chi connectivity index (χ0v) is 17.9. The smallest absolute Gasteiger partial charge is 0.232 e. The Morgan fingerprint density at radius 1 is 0.903 bits per heavy atom. The molecule has 0 bridgehead atoms. The molecular weight excluding hydrogens is 442 g/mol. The summed E-state index contributed by atoms with van der Waals surface area (Å²) in [6.45, 7) is 0. The summed E-state index contributed by atoms with van der Waals surface area (Å²) in [5.41, 5.74) is 1.74. The van der Waals surface area contributed by atoms with Crippen molar-refractivity contribution in [3.8, 4) is 28.1 Å². The quantitative estimate of drug-likeness (QED) is 0.357. The predicted octanol–water partition coefficient (Wildman–Crippen LogP) is 6.20. The molecule has 0 aliphatic heterocycles. The van der Waals surface area contributed by atoms with Gasteiger partial charge in [0.05, 0.1) is 16.3 Å². The fourth-order valence-electron chi connectivity index (χ4n) is 3.40. The van der Waals surface area contributed by atoms with Crippen molar-refractivity contribution in [2.45, 2.75) is 11.3 Å². The topological polar surface area (TPSA) is 52.0 Å². The van der Waals surface area contributed by atoms with E-state index < -0.39 is 22.0 Å². The predicted molar refractivity (Wildman–Crippen MR) is 118 cm³/mol. The van der Waals surface area contributed by atoms with Gasteiger partial charge in [0.1, 0.15) is 5.69 Å². The van der Waals surface area contributed by atoms with Crippen LogP contribution >= 0.6 is 11.6 Å². The Labute approximate surface area is 183 Å². The molecule has 31 heavy (non-hydrogen) atoms. The highest BCUT2D eigenvalue weighted by molar-refractivity contribution is 7.90. The third kappa shape index (κ3) is 4.11. The second kappa shape index (κ2) is 8.24. The number of nitrogens with zero attached hydrogens (tertiary/aromatic N) is 2. The van der Waals surface area contributed by atoms with Gasteiger partial charge in [-0.2, -0.15) is 5.10 Å². The van der Waals surface area contributed by atoms with Crippen molar-refractivity contribution in [2.75, 3.05) is 6.26 Å². The molecule has 0 unspecified atom stereocenters. The molecule has 0 N–H and O–H groups in total. The van der Waals surface area contributed by atoms with Crippen molar-refractivity contribution in [2.24, 2.45) is 0 Å². The van der Waals surface area contributed by atoms with Crippen molar-refractivity contribution in [3.63, 3.8) is 0 Å². The van der Waals surface area contributed by atoms with E-state index in [1.54, 1.807) is 60.7 Å². The van der Waals surface area contributed by atoms with Gasteiger partial charge in [0.2, 0.25) is 0 Å². The summed E-state index contributed by atoms with van der Waals surface area (Å²) in [7, 11) is -3.40.